The molecule has 2 heterocycles. The summed E-state index contributed by atoms with van der Waals surface area (Å²) in [6.45, 7) is 1.05. The van der Waals surface area contributed by atoms with E-state index >= 15 is 0 Å². The molecule has 1 amide bonds. The van der Waals surface area contributed by atoms with E-state index < -0.39 is 0 Å². The lowest BCUT2D eigenvalue weighted by atomic mass is 10.1. The number of amides is 1. The van der Waals surface area contributed by atoms with Crippen molar-refractivity contribution in [3.63, 3.8) is 0 Å². The van der Waals surface area contributed by atoms with Crippen molar-refractivity contribution < 1.29 is 9.53 Å². The topological polar surface area (TPSA) is 89.0 Å². The molecule has 7 heteroatoms. The first-order valence-corrected chi connectivity index (χ1v) is 8.61. The number of methoxy groups -OCH3 is 1. The van der Waals surface area contributed by atoms with Crippen LogP contribution in [0.3, 0.4) is 0 Å². The second-order valence-electron chi connectivity index (χ2n) is 5.82. The Morgan fingerprint density at radius 1 is 1.07 bits per heavy atom. The number of carbonyl (C=O) groups is 1. The Kier molecular flexibility index (Phi) is 6.30. The summed E-state index contributed by atoms with van der Waals surface area (Å²) in [6.07, 6.45) is 5.45. The summed E-state index contributed by atoms with van der Waals surface area (Å²) >= 11 is 0. The normalized spacial score (nSPS) is 10.3. The second-order valence-corrected chi connectivity index (χ2v) is 5.82. The SMILES string of the molecule is COc1cccc(CCNC(=O)c2cnc(NCc3ccccn3)cn2)c1. The molecule has 0 aliphatic heterocycles. The molecule has 0 atom stereocenters. The van der Waals surface area contributed by atoms with Crippen LogP contribution in [0.2, 0.25) is 0 Å². The minimum absolute atomic E-state index is 0.248. The highest BCUT2D eigenvalue weighted by atomic mass is 16.5. The van der Waals surface area contributed by atoms with Crippen molar-refractivity contribution >= 4 is 11.7 Å². The van der Waals surface area contributed by atoms with Gasteiger partial charge in [-0.1, -0.05) is 18.2 Å². The number of hydrogen-bond donors (Lipinski definition) is 2. The van der Waals surface area contributed by atoms with E-state index in [0.29, 0.717) is 25.3 Å². The van der Waals surface area contributed by atoms with E-state index in [4.69, 9.17) is 4.74 Å². The van der Waals surface area contributed by atoms with Crippen molar-refractivity contribution in [2.24, 2.45) is 0 Å². The van der Waals surface area contributed by atoms with Gasteiger partial charge in [-0.2, -0.15) is 0 Å². The molecule has 7 nitrogen and oxygen atoms in total. The van der Waals surface area contributed by atoms with Gasteiger partial charge in [0.1, 0.15) is 17.3 Å². The van der Waals surface area contributed by atoms with E-state index in [2.05, 4.69) is 25.6 Å². The third-order valence-corrected chi connectivity index (χ3v) is 3.89. The molecule has 3 rings (SSSR count). The molecule has 0 radical (unpaired) electrons. The minimum atomic E-state index is -0.248. The quantitative estimate of drug-likeness (QED) is 0.639. The van der Waals surface area contributed by atoms with Gasteiger partial charge in [-0.25, -0.2) is 9.97 Å². The number of pyridine rings is 1. The molecule has 27 heavy (non-hydrogen) atoms. The van der Waals surface area contributed by atoms with Crippen molar-refractivity contribution in [1.82, 2.24) is 20.3 Å². The van der Waals surface area contributed by atoms with Crippen LogP contribution in [0.5, 0.6) is 5.75 Å². The maximum absolute atomic E-state index is 12.2. The Balaban J connectivity index is 1.47. The highest BCUT2D eigenvalue weighted by molar-refractivity contribution is 5.91. The van der Waals surface area contributed by atoms with E-state index in [1.165, 1.54) is 6.20 Å². The Labute approximate surface area is 157 Å². The molecule has 0 unspecified atom stereocenters. The zero-order valence-corrected chi connectivity index (χ0v) is 15.1. The first-order valence-electron chi connectivity index (χ1n) is 8.61. The number of ether oxygens (including phenoxy) is 1. The number of anilines is 1. The molecule has 0 aliphatic carbocycles. The Morgan fingerprint density at radius 2 is 2.00 bits per heavy atom. The van der Waals surface area contributed by atoms with Gasteiger partial charge in [0.25, 0.3) is 5.91 Å². The molecule has 0 fully saturated rings. The smallest absolute Gasteiger partial charge is 0.271 e. The third-order valence-electron chi connectivity index (χ3n) is 3.89. The van der Waals surface area contributed by atoms with Gasteiger partial charge < -0.3 is 15.4 Å². The Bertz CT molecular complexity index is 869. The molecule has 1 aromatic carbocycles. The Hall–Kier alpha value is -3.48. The fourth-order valence-electron chi connectivity index (χ4n) is 2.46. The first kappa shape index (κ1) is 18.3. The monoisotopic (exact) mass is 363 g/mol. The fraction of sp³-hybridized carbons (Fsp3) is 0.200. The number of carbonyl (C=O) groups excluding carboxylic acids is 1. The molecule has 2 N–H and O–H groups in total. The van der Waals surface area contributed by atoms with Crippen LogP contribution < -0.4 is 15.4 Å². The van der Waals surface area contributed by atoms with Crippen LogP contribution in [0.25, 0.3) is 0 Å². The van der Waals surface area contributed by atoms with E-state index in [1.807, 2.05) is 42.5 Å². The van der Waals surface area contributed by atoms with Crippen LogP contribution in [0.1, 0.15) is 21.7 Å². The summed E-state index contributed by atoms with van der Waals surface area (Å²) in [5.74, 6) is 1.15. The first-order chi connectivity index (χ1) is 13.2. The molecule has 138 valence electrons. The highest BCUT2D eigenvalue weighted by Gasteiger charge is 2.08. The van der Waals surface area contributed by atoms with Crippen LogP contribution in [-0.2, 0) is 13.0 Å². The average molecular weight is 363 g/mol. The minimum Gasteiger partial charge on any atom is -0.497 e. The Morgan fingerprint density at radius 3 is 2.74 bits per heavy atom. The number of aromatic nitrogens is 3. The van der Waals surface area contributed by atoms with Crippen molar-refractivity contribution in [3.8, 4) is 5.75 Å². The standard InChI is InChI=1S/C20H21N5O2/c1-27-17-7-4-5-15(11-17)8-10-22-20(26)18-13-25-19(14-23-18)24-12-16-6-2-3-9-21-16/h2-7,9,11,13-14H,8,10,12H2,1H3,(H,22,26)(H,24,25). The van der Waals surface area contributed by atoms with Gasteiger partial charge in [0, 0.05) is 12.7 Å². The lowest BCUT2D eigenvalue weighted by Crippen LogP contribution is -2.26. The maximum atomic E-state index is 12.2. The summed E-state index contributed by atoms with van der Waals surface area (Å²) in [4.78, 5) is 24.8. The zero-order valence-electron chi connectivity index (χ0n) is 15.1. The molecular formula is C20H21N5O2. The third kappa shape index (κ3) is 5.50. The molecule has 0 bridgehead atoms. The van der Waals surface area contributed by atoms with Crippen LogP contribution in [0, 0.1) is 0 Å². The second kappa shape index (κ2) is 9.28. The van der Waals surface area contributed by atoms with Crippen molar-refractivity contribution in [2.75, 3.05) is 19.0 Å². The molecule has 0 saturated heterocycles. The van der Waals surface area contributed by atoms with E-state index in [1.54, 1.807) is 19.5 Å². The van der Waals surface area contributed by atoms with Gasteiger partial charge in [-0.15, -0.1) is 0 Å². The van der Waals surface area contributed by atoms with Gasteiger partial charge in [-0.3, -0.25) is 9.78 Å². The van der Waals surface area contributed by atoms with Gasteiger partial charge >= 0.3 is 0 Å². The van der Waals surface area contributed by atoms with Crippen LogP contribution in [0.15, 0.2) is 61.1 Å². The summed E-state index contributed by atoms with van der Waals surface area (Å²) in [6, 6.07) is 13.5. The predicted octanol–water partition coefficient (Wildman–Crippen LogP) is 2.46. The van der Waals surface area contributed by atoms with E-state index in [9.17, 15) is 4.79 Å². The van der Waals surface area contributed by atoms with Gasteiger partial charge in [0.05, 0.1) is 31.7 Å². The van der Waals surface area contributed by atoms with Gasteiger partial charge in [-0.05, 0) is 36.2 Å². The van der Waals surface area contributed by atoms with E-state index in [0.717, 1.165) is 17.0 Å². The number of hydrogen-bond acceptors (Lipinski definition) is 6. The molecule has 2 aromatic heterocycles. The largest absolute Gasteiger partial charge is 0.497 e. The lowest BCUT2D eigenvalue weighted by Gasteiger charge is -2.07. The van der Waals surface area contributed by atoms with Crippen molar-refractivity contribution in [1.29, 1.82) is 0 Å². The number of nitrogens with zero attached hydrogens (tertiary/aromatic N) is 3. The van der Waals surface area contributed by atoms with Crippen LogP contribution in [0.4, 0.5) is 5.82 Å². The summed E-state index contributed by atoms with van der Waals surface area (Å²) in [5.41, 5.74) is 2.28. The summed E-state index contributed by atoms with van der Waals surface area (Å²) < 4.78 is 5.20. The predicted molar refractivity (Wildman–Crippen MR) is 103 cm³/mol. The van der Waals surface area contributed by atoms with Crippen LogP contribution >= 0.6 is 0 Å². The van der Waals surface area contributed by atoms with Gasteiger partial charge in [0.15, 0.2) is 0 Å². The summed E-state index contributed by atoms with van der Waals surface area (Å²) in [7, 11) is 1.63. The maximum Gasteiger partial charge on any atom is 0.271 e. The molecule has 3 aromatic rings. The molecule has 0 saturated carbocycles. The molecule has 0 aliphatic rings. The van der Waals surface area contributed by atoms with Crippen molar-refractivity contribution in [2.45, 2.75) is 13.0 Å². The number of rotatable bonds is 8. The zero-order chi connectivity index (χ0) is 18.9. The lowest BCUT2D eigenvalue weighted by molar-refractivity contribution is 0.0949. The highest BCUT2D eigenvalue weighted by Crippen LogP contribution is 2.12. The molecular weight excluding hydrogens is 342 g/mol. The van der Waals surface area contributed by atoms with Crippen molar-refractivity contribution in [3.05, 3.63) is 78.0 Å². The van der Waals surface area contributed by atoms with E-state index in [-0.39, 0.29) is 11.6 Å². The molecule has 0 spiro atoms. The number of benzene rings is 1. The average Bonchev–Trinajstić information content (AvgIpc) is 2.73. The number of nitrogens with one attached hydrogen (secondary N) is 2. The van der Waals surface area contributed by atoms with Crippen LogP contribution in [-0.4, -0.2) is 34.5 Å². The van der Waals surface area contributed by atoms with Gasteiger partial charge in [0.2, 0.25) is 0 Å². The summed E-state index contributed by atoms with van der Waals surface area (Å²) in [5, 5.41) is 5.97. The fourth-order valence-corrected chi connectivity index (χ4v) is 2.46.